The summed E-state index contributed by atoms with van der Waals surface area (Å²) >= 11 is 1.56. The number of benzene rings is 2. The minimum absolute atomic E-state index is 0.0129. The van der Waals surface area contributed by atoms with Gasteiger partial charge in [0.15, 0.2) is 0 Å². The van der Waals surface area contributed by atoms with Crippen molar-refractivity contribution in [1.29, 1.82) is 0 Å². The van der Waals surface area contributed by atoms with Gasteiger partial charge >= 0.3 is 0 Å². The molecule has 0 aliphatic carbocycles. The summed E-state index contributed by atoms with van der Waals surface area (Å²) in [6, 6.07) is 24.0. The first-order chi connectivity index (χ1) is 14.3. The van der Waals surface area contributed by atoms with Crippen molar-refractivity contribution in [2.45, 2.75) is 10.3 Å². The largest absolute Gasteiger partial charge is 0.319 e. The zero-order valence-electron chi connectivity index (χ0n) is 15.5. The fraction of sp³-hybridized carbons (Fsp3) is 0.0435. The van der Waals surface area contributed by atoms with E-state index in [0.717, 1.165) is 11.1 Å². The smallest absolute Gasteiger partial charge is 0.258 e. The van der Waals surface area contributed by atoms with Gasteiger partial charge in [-0.15, -0.1) is 0 Å². The number of anilines is 1. The Labute approximate surface area is 173 Å². The molecule has 0 fully saturated rings. The number of hydrogen-bond donors (Lipinski definition) is 1. The molecule has 4 rings (SSSR count). The molecule has 0 aliphatic heterocycles. The van der Waals surface area contributed by atoms with Gasteiger partial charge in [-0.3, -0.25) is 4.79 Å². The number of rotatable bonds is 6. The quantitative estimate of drug-likeness (QED) is 0.463. The zero-order valence-corrected chi connectivity index (χ0v) is 16.3. The maximum absolute atomic E-state index is 12.9. The zero-order chi connectivity index (χ0) is 19.9. The second kappa shape index (κ2) is 9.12. The molecule has 0 radical (unpaired) electrons. The van der Waals surface area contributed by atoms with Crippen LogP contribution >= 0.6 is 11.8 Å². The number of hydrogen-bond acceptors (Lipinski definition) is 5. The van der Waals surface area contributed by atoms with Crippen LogP contribution in [0.4, 0.5) is 5.69 Å². The highest BCUT2D eigenvalue weighted by atomic mass is 32.2. The second-order valence-electron chi connectivity index (χ2n) is 6.26. The van der Waals surface area contributed by atoms with Gasteiger partial charge in [-0.25, -0.2) is 15.0 Å². The average Bonchev–Trinajstić information content (AvgIpc) is 2.79. The summed E-state index contributed by atoms with van der Waals surface area (Å²) in [4.78, 5) is 25.2. The Bertz CT molecular complexity index is 1040. The van der Waals surface area contributed by atoms with Crippen molar-refractivity contribution in [3.05, 3.63) is 114 Å². The van der Waals surface area contributed by atoms with Crippen LogP contribution in [-0.4, -0.2) is 20.9 Å². The number of amides is 1. The summed E-state index contributed by atoms with van der Waals surface area (Å²) < 4.78 is 0. The molecule has 142 valence electrons. The molecule has 0 atom stereocenters. The van der Waals surface area contributed by atoms with Crippen LogP contribution in [0.15, 0.2) is 103 Å². The van der Waals surface area contributed by atoms with E-state index >= 15 is 0 Å². The first-order valence-corrected chi connectivity index (χ1v) is 9.97. The first kappa shape index (κ1) is 18.8. The van der Waals surface area contributed by atoms with Crippen molar-refractivity contribution in [3.8, 4) is 0 Å². The van der Waals surface area contributed by atoms with Crippen LogP contribution in [0, 0.1) is 0 Å². The Morgan fingerprint density at radius 2 is 1.45 bits per heavy atom. The van der Waals surface area contributed by atoms with Crippen LogP contribution in [0.1, 0.15) is 26.7 Å². The van der Waals surface area contributed by atoms with Crippen molar-refractivity contribution < 1.29 is 4.79 Å². The number of carbonyl (C=O) groups excluding carboxylic acids is 1. The monoisotopic (exact) mass is 398 g/mol. The molecule has 2 aromatic heterocycles. The first-order valence-electron chi connectivity index (χ1n) is 9.09. The predicted molar refractivity (Wildman–Crippen MR) is 115 cm³/mol. The molecule has 0 saturated carbocycles. The van der Waals surface area contributed by atoms with Gasteiger partial charge in [-0.05, 0) is 23.3 Å². The normalized spacial score (nSPS) is 10.7. The maximum Gasteiger partial charge on any atom is 0.258 e. The molecule has 0 spiro atoms. The fourth-order valence-corrected chi connectivity index (χ4v) is 4.13. The lowest BCUT2D eigenvalue weighted by molar-refractivity contribution is 0.102. The highest BCUT2D eigenvalue weighted by molar-refractivity contribution is 7.99. The number of aromatic nitrogens is 3. The minimum atomic E-state index is -0.240. The van der Waals surface area contributed by atoms with Gasteiger partial charge in [-0.1, -0.05) is 72.4 Å². The summed E-state index contributed by atoms with van der Waals surface area (Å²) in [5, 5.41) is 3.51. The van der Waals surface area contributed by atoms with Crippen molar-refractivity contribution in [3.63, 3.8) is 0 Å². The standard InChI is InChI=1S/C23H18N4OS/c28-22(27-19-14-24-16-25-15-19)20-12-7-13-26-23(20)29-21(17-8-3-1-4-9-17)18-10-5-2-6-11-18/h1-16,21H,(H,27,28). The molecule has 2 heterocycles. The molecular formula is C23H18N4OS. The molecule has 1 amide bonds. The van der Waals surface area contributed by atoms with Gasteiger partial charge in [0.1, 0.15) is 11.4 Å². The van der Waals surface area contributed by atoms with Crippen LogP contribution in [0.5, 0.6) is 0 Å². The van der Waals surface area contributed by atoms with Gasteiger partial charge in [-0.2, -0.15) is 0 Å². The third-order valence-corrected chi connectivity index (χ3v) is 5.60. The Balaban J connectivity index is 1.66. The Morgan fingerprint density at radius 3 is 2.07 bits per heavy atom. The molecule has 6 heteroatoms. The van der Waals surface area contributed by atoms with E-state index in [-0.39, 0.29) is 11.2 Å². The number of nitrogens with zero attached hydrogens (tertiary/aromatic N) is 3. The molecular weight excluding hydrogens is 380 g/mol. The second-order valence-corrected chi connectivity index (χ2v) is 7.35. The lowest BCUT2D eigenvalue weighted by atomic mass is 10.0. The molecule has 4 aromatic rings. The number of carbonyl (C=O) groups is 1. The van der Waals surface area contributed by atoms with Crippen LogP contribution in [0.25, 0.3) is 0 Å². The van der Waals surface area contributed by atoms with Gasteiger partial charge in [0.05, 0.1) is 28.9 Å². The number of nitrogens with one attached hydrogen (secondary N) is 1. The lowest BCUT2D eigenvalue weighted by Gasteiger charge is -2.18. The van der Waals surface area contributed by atoms with Crippen molar-refractivity contribution >= 4 is 23.4 Å². The molecule has 0 saturated heterocycles. The third kappa shape index (κ3) is 4.67. The predicted octanol–water partition coefficient (Wildman–Crippen LogP) is 5.01. The fourth-order valence-electron chi connectivity index (χ4n) is 2.92. The topological polar surface area (TPSA) is 67.8 Å². The molecule has 0 unspecified atom stereocenters. The Hall–Kier alpha value is -3.51. The van der Waals surface area contributed by atoms with E-state index in [1.807, 2.05) is 36.4 Å². The van der Waals surface area contributed by atoms with E-state index < -0.39 is 0 Å². The van der Waals surface area contributed by atoms with Crippen LogP contribution in [0.3, 0.4) is 0 Å². The Morgan fingerprint density at radius 1 is 0.828 bits per heavy atom. The summed E-state index contributed by atoms with van der Waals surface area (Å²) in [7, 11) is 0. The average molecular weight is 398 g/mol. The molecule has 5 nitrogen and oxygen atoms in total. The van der Waals surface area contributed by atoms with Gasteiger partial charge in [0, 0.05) is 6.20 Å². The molecule has 0 aliphatic rings. The van der Waals surface area contributed by atoms with E-state index in [0.29, 0.717) is 16.3 Å². The molecule has 2 aromatic carbocycles. The Kier molecular flexibility index (Phi) is 5.92. The minimum Gasteiger partial charge on any atom is -0.319 e. The van der Waals surface area contributed by atoms with Gasteiger partial charge < -0.3 is 5.32 Å². The molecule has 1 N–H and O–H groups in total. The van der Waals surface area contributed by atoms with E-state index in [1.54, 1.807) is 42.5 Å². The maximum atomic E-state index is 12.9. The summed E-state index contributed by atoms with van der Waals surface area (Å²) in [6.45, 7) is 0. The SMILES string of the molecule is O=C(Nc1cncnc1)c1cccnc1SC(c1ccccc1)c1ccccc1. The summed E-state index contributed by atoms with van der Waals surface area (Å²) in [6.07, 6.45) is 6.25. The van der Waals surface area contributed by atoms with Gasteiger partial charge in [0.25, 0.3) is 5.91 Å². The highest BCUT2D eigenvalue weighted by Gasteiger charge is 2.20. The van der Waals surface area contributed by atoms with Crippen LogP contribution in [-0.2, 0) is 0 Å². The van der Waals surface area contributed by atoms with E-state index in [9.17, 15) is 4.79 Å². The number of thioether (sulfide) groups is 1. The summed E-state index contributed by atoms with van der Waals surface area (Å²) in [5.41, 5.74) is 3.35. The van der Waals surface area contributed by atoms with Crippen molar-refractivity contribution in [1.82, 2.24) is 15.0 Å². The highest BCUT2D eigenvalue weighted by Crippen LogP contribution is 2.40. The van der Waals surface area contributed by atoms with Crippen LogP contribution < -0.4 is 5.32 Å². The lowest BCUT2D eigenvalue weighted by Crippen LogP contribution is -2.14. The molecule has 0 bridgehead atoms. The number of pyridine rings is 1. The van der Waals surface area contributed by atoms with E-state index in [1.165, 1.54) is 6.33 Å². The third-order valence-electron chi connectivity index (χ3n) is 4.27. The van der Waals surface area contributed by atoms with Crippen LogP contribution in [0.2, 0.25) is 0 Å². The van der Waals surface area contributed by atoms with Gasteiger partial charge in [0.2, 0.25) is 0 Å². The van der Waals surface area contributed by atoms with Crippen molar-refractivity contribution in [2.75, 3.05) is 5.32 Å². The van der Waals surface area contributed by atoms with Crippen molar-refractivity contribution in [2.24, 2.45) is 0 Å². The van der Waals surface area contributed by atoms with E-state index in [2.05, 4.69) is 44.5 Å². The van der Waals surface area contributed by atoms with E-state index in [4.69, 9.17) is 0 Å². The summed E-state index contributed by atoms with van der Waals surface area (Å²) in [5.74, 6) is -0.240. The molecule has 29 heavy (non-hydrogen) atoms.